The lowest BCUT2D eigenvalue weighted by Gasteiger charge is -2.40. The molecule has 2 aliphatic rings. The van der Waals surface area contributed by atoms with Gasteiger partial charge in [0.2, 0.25) is 0 Å². The predicted molar refractivity (Wildman–Crippen MR) is 120 cm³/mol. The summed E-state index contributed by atoms with van der Waals surface area (Å²) in [6.45, 7) is 10.6. The first-order valence-electron chi connectivity index (χ1n) is 11.0. The smallest absolute Gasteiger partial charge is 0.323 e. The second-order valence-corrected chi connectivity index (χ2v) is 8.79. The molecule has 4 rings (SSSR count). The molecule has 2 saturated heterocycles. The minimum Gasteiger partial charge on any atom is -0.323 e. The highest BCUT2D eigenvalue weighted by molar-refractivity contribution is 6.07. The molecule has 7 nitrogen and oxygen atoms in total. The van der Waals surface area contributed by atoms with E-state index in [1.165, 1.54) is 10.5 Å². The first kappa shape index (κ1) is 21.3. The van der Waals surface area contributed by atoms with Gasteiger partial charge in [0.15, 0.2) is 0 Å². The molecule has 1 atom stereocenters. The number of aromatic amines is 1. The van der Waals surface area contributed by atoms with Crippen molar-refractivity contribution in [2.45, 2.75) is 45.2 Å². The summed E-state index contributed by atoms with van der Waals surface area (Å²) in [5.74, 6) is 0.0425. The van der Waals surface area contributed by atoms with Gasteiger partial charge in [-0.1, -0.05) is 49.4 Å². The Morgan fingerprint density at radius 1 is 1.23 bits per heavy atom. The number of benzene rings is 1. The Morgan fingerprint density at radius 3 is 2.58 bits per heavy atom. The van der Waals surface area contributed by atoms with Crippen LogP contribution in [0.4, 0.5) is 4.79 Å². The fourth-order valence-electron chi connectivity index (χ4n) is 4.97. The van der Waals surface area contributed by atoms with Crippen molar-refractivity contribution in [3.05, 3.63) is 54.2 Å². The third-order valence-electron chi connectivity index (χ3n) is 6.65. The van der Waals surface area contributed by atoms with Gasteiger partial charge in [0.25, 0.3) is 5.91 Å². The van der Waals surface area contributed by atoms with Crippen molar-refractivity contribution in [1.82, 2.24) is 25.3 Å². The van der Waals surface area contributed by atoms with Crippen molar-refractivity contribution in [2.75, 3.05) is 19.6 Å². The number of piperidine rings is 1. The second-order valence-electron chi connectivity index (χ2n) is 8.79. The molecule has 0 aliphatic carbocycles. The van der Waals surface area contributed by atoms with Gasteiger partial charge in [-0.2, -0.15) is 5.10 Å². The Balaban J connectivity index is 1.42. The number of carbonyl (C=O) groups excluding carboxylic acids is 2. The van der Waals surface area contributed by atoms with Gasteiger partial charge in [-0.05, 0) is 50.8 Å². The Bertz CT molecular complexity index is 961. The highest BCUT2D eigenvalue weighted by Gasteiger charge is 2.54. The van der Waals surface area contributed by atoms with Crippen molar-refractivity contribution in [2.24, 2.45) is 5.92 Å². The third kappa shape index (κ3) is 4.02. The van der Waals surface area contributed by atoms with Crippen LogP contribution in [0, 0.1) is 5.92 Å². The maximum absolute atomic E-state index is 13.2. The molecular weight excluding hydrogens is 390 g/mol. The number of amides is 3. The summed E-state index contributed by atoms with van der Waals surface area (Å²) in [6, 6.07) is 9.94. The Hall–Kier alpha value is -2.93. The Labute approximate surface area is 183 Å². The number of nitrogens with zero attached hydrogens (tertiary/aromatic N) is 3. The van der Waals surface area contributed by atoms with Crippen molar-refractivity contribution in [3.63, 3.8) is 0 Å². The molecule has 0 bridgehead atoms. The molecule has 31 heavy (non-hydrogen) atoms. The third-order valence-corrected chi connectivity index (χ3v) is 6.65. The number of H-pyrrole nitrogens is 1. The van der Waals surface area contributed by atoms with Gasteiger partial charge in [0, 0.05) is 12.1 Å². The normalized spacial score (nSPS) is 22.7. The van der Waals surface area contributed by atoms with Gasteiger partial charge < -0.3 is 5.32 Å². The lowest BCUT2D eigenvalue weighted by atomic mass is 9.75. The maximum Gasteiger partial charge on any atom is 0.325 e. The molecule has 2 aliphatic heterocycles. The molecule has 2 fully saturated rings. The van der Waals surface area contributed by atoms with Crippen LogP contribution in [0.25, 0.3) is 11.3 Å². The largest absolute Gasteiger partial charge is 0.325 e. The highest BCUT2D eigenvalue weighted by atomic mass is 16.2. The van der Waals surface area contributed by atoms with Crippen LogP contribution in [-0.2, 0) is 11.3 Å². The summed E-state index contributed by atoms with van der Waals surface area (Å²) >= 11 is 0. The van der Waals surface area contributed by atoms with Crippen LogP contribution in [0.3, 0.4) is 0 Å². The average molecular weight is 422 g/mol. The van der Waals surface area contributed by atoms with Crippen LogP contribution in [0.15, 0.2) is 48.7 Å². The number of aromatic nitrogens is 2. The Morgan fingerprint density at radius 2 is 1.94 bits per heavy atom. The fourth-order valence-corrected chi connectivity index (χ4v) is 4.97. The van der Waals surface area contributed by atoms with Gasteiger partial charge in [0.05, 0.1) is 18.4 Å². The lowest BCUT2D eigenvalue weighted by Crippen LogP contribution is -2.55. The van der Waals surface area contributed by atoms with E-state index in [4.69, 9.17) is 0 Å². The van der Waals surface area contributed by atoms with Crippen LogP contribution in [-0.4, -0.2) is 57.1 Å². The molecule has 0 unspecified atom stereocenters. The van der Waals surface area contributed by atoms with Crippen LogP contribution in [0.5, 0.6) is 0 Å². The molecule has 2 N–H and O–H groups in total. The van der Waals surface area contributed by atoms with Crippen molar-refractivity contribution >= 4 is 11.9 Å². The molecule has 1 aromatic carbocycles. The highest BCUT2D eigenvalue weighted by Crippen LogP contribution is 2.37. The summed E-state index contributed by atoms with van der Waals surface area (Å²) in [5, 5.41) is 10.4. The zero-order chi connectivity index (χ0) is 22.0. The second kappa shape index (κ2) is 8.67. The van der Waals surface area contributed by atoms with E-state index in [0.717, 1.165) is 49.3 Å². The summed E-state index contributed by atoms with van der Waals surface area (Å²) in [7, 11) is 0. The topological polar surface area (TPSA) is 81.3 Å². The van der Waals surface area contributed by atoms with E-state index in [2.05, 4.69) is 39.1 Å². The molecule has 0 saturated carbocycles. The van der Waals surface area contributed by atoms with E-state index in [1.54, 1.807) is 0 Å². The summed E-state index contributed by atoms with van der Waals surface area (Å²) in [5.41, 5.74) is 3.38. The first-order valence-corrected chi connectivity index (χ1v) is 11.0. The van der Waals surface area contributed by atoms with Crippen molar-refractivity contribution < 1.29 is 9.59 Å². The van der Waals surface area contributed by atoms with Gasteiger partial charge in [-0.15, -0.1) is 0 Å². The SMILES string of the molecule is C=C(C)CN1C(=O)N[C@@](CC)(C2CCN(Cc3cn[nH]c3-c3ccccc3)CC2)C1=O. The zero-order valence-electron chi connectivity index (χ0n) is 18.4. The number of hydrogen-bond donors (Lipinski definition) is 2. The van der Waals surface area contributed by atoms with Crippen LogP contribution in [0.2, 0.25) is 0 Å². The number of rotatable bonds is 7. The zero-order valence-corrected chi connectivity index (χ0v) is 18.4. The molecule has 164 valence electrons. The molecule has 0 radical (unpaired) electrons. The monoisotopic (exact) mass is 421 g/mol. The molecule has 0 spiro atoms. The number of imide groups is 1. The van der Waals surface area contributed by atoms with Crippen molar-refractivity contribution in [3.8, 4) is 11.3 Å². The van der Waals surface area contributed by atoms with Crippen LogP contribution >= 0.6 is 0 Å². The van der Waals surface area contributed by atoms with E-state index in [0.29, 0.717) is 6.42 Å². The molecule has 1 aromatic heterocycles. The summed E-state index contributed by atoms with van der Waals surface area (Å²) in [6.07, 6.45) is 4.26. The number of nitrogens with one attached hydrogen (secondary N) is 2. The van der Waals surface area contributed by atoms with E-state index in [9.17, 15) is 9.59 Å². The molecule has 2 aromatic rings. The lowest BCUT2D eigenvalue weighted by molar-refractivity contribution is -0.134. The molecule has 3 heterocycles. The Kier molecular flexibility index (Phi) is 5.96. The molecule has 3 amide bonds. The minimum atomic E-state index is -0.788. The van der Waals surface area contributed by atoms with Gasteiger partial charge >= 0.3 is 6.03 Å². The maximum atomic E-state index is 13.2. The van der Waals surface area contributed by atoms with Crippen molar-refractivity contribution in [1.29, 1.82) is 0 Å². The predicted octanol–water partition coefficient (Wildman–Crippen LogP) is 3.57. The van der Waals surface area contributed by atoms with Gasteiger partial charge in [0.1, 0.15) is 5.54 Å². The summed E-state index contributed by atoms with van der Waals surface area (Å²) in [4.78, 5) is 29.5. The van der Waals surface area contributed by atoms with Gasteiger partial charge in [-0.3, -0.25) is 19.7 Å². The number of hydrogen-bond acceptors (Lipinski definition) is 4. The molecular formula is C24H31N5O2. The number of likely N-dealkylation sites (tertiary alicyclic amines) is 1. The fraction of sp³-hybridized carbons (Fsp3) is 0.458. The van der Waals surface area contributed by atoms with E-state index >= 15 is 0 Å². The summed E-state index contributed by atoms with van der Waals surface area (Å²) < 4.78 is 0. The molecule has 7 heteroatoms. The van der Waals surface area contributed by atoms with E-state index < -0.39 is 5.54 Å². The van der Waals surface area contributed by atoms with Crippen LogP contribution in [0.1, 0.15) is 38.7 Å². The van der Waals surface area contributed by atoms with Gasteiger partial charge in [-0.25, -0.2) is 4.79 Å². The minimum absolute atomic E-state index is 0.0948. The average Bonchev–Trinajstić information content (AvgIpc) is 3.33. The standard InChI is InChI=1S/C24H31N5O2/c1-4-24(22(30)29(15-17(2)3)23(31)26-24)20-10-12-28(13-11-20)16-19-14-25-27-21(19)18-8-6-5-7-9-18/h5-9,14,20H,2,4,10-13,15-16H2,1,3H3,(H,25,27)(H,26,31)/t24-/m0/s1. The van der Waals surface area contributed by atoms with E-state index in [1.807, 2.05) is 38.2 Å². The first-order chi connectivity index (χ1) is 14.9. The van der Waals surface area contributed by atoms with Crippen LogP contribution < -0.4 is 5.32 Å². The quantitative estimate of drug-likeness (QED) is 0.529. The van der Waals surface area contributed by atoms with E-state index in [-0.39, 0.29) is 24.4 Å². The number of carbonyl (C=O) groups is 2. The number of urea groups is 1.